The van der Waals surface area contributed by atoms with E-state index in [1.54, 1.807) is 30.9 Å². The maximum atomic E-state index is 13.4. The van der Waals surface area contributed by atoms with Gasteiger partial charge in [0.1, 0.15) is 5.69 Å². The van der Waals surface area contributed by atoms with Crippen molar-refractivity contribution in [2.75, 3.05) is 13.1 Å². The Kier molecular flexibility index (Phi) is 5.00. The summed E-state index contributed by atoms with van der Waals surface area (Å²) >= 11 is 0. The van der Waals surface area contributed by atoms with Gasteiger partial charge in [-0.3, -0.25) is 9.59 Å². The van der Waals surface area contributed by atoms with E-state index in [-0.39, 0.29) is 23.8 Å². The summed E-state index contributed by atoms with van der Waals surface area (Å²) in [6.07, 6.45) is 7.77. The number of imidazole rings is 1. The van der Waals surface area contributed by atoms with E-state index < -0.39 is 0 Å². The molecule has 0 bridgehead atoms. The van der Waals surface area contributed by atoms with Crippen molar-refractivity contribution in [3.63, 3.8) is 0 Å². The number of aromatic amines is 1. The second-order valence-corrected chi connectivity index (χ2v) is 7.83. The van der Waals surface area contributed by atoms with Crippen LogP contribution in [0.25, 0.3) is 5.52 Å². The molecule has 1 fully saturated rings. The first-order valence-corrected chi connectivity index (χ1v) is 10.4. The van der Waals surface area contributed by atoms with Crippen molar-refractivity contribution >= 4 is 17.3 Å². The van der Waals surface area contributed by atoms with Gasteiger partial charge in [-0.05, 0) is 36.2 Å². The van der Waals surface area contributed by atoms with Crippen LogP contribution in [0.4, 0.5) is 0 Å². The highest BCUT2D eigenvalue weighted by atomic mass is 16.2. The third-order valence-corrected chi connectivity index (χ3v) is 5.97. The van der Waals surface area contributed by atoms with Gasteiger partial charge >= 0.3 is 0 Å². The van der Waals surface area contributed by atoms with Gasteiger partial charge in [-0.15, -0.1) is 0 Å². The minimum Gasteiger partial charge on any atom is -0.357 e. The molecule has 4 aromatic rings. The first kappa shape index (κ1) is 19.1. The molecular weight excluding hydrogens is 390 g/mol. The number of pyridine rings is 1. The van der Waals surface area contributed by atoms with Crippen LogP contribution >= 0.6 is 0 Å². The fourth-order valence-corrected chi connectivity index (χ4v) is 4.40. The molecule has 2 amide bonds. The monoisotopic (exact) mass is 413 g/mol. The number of piperidine rings is 1. The molecule has 0 aliphatic carbocycles. The Bertz CT molecular complexity index is 1200. The van der Waals surface area contributed by atoms with E-state index in [1.165, 1.54) is 5.56 Å². The Labute approximate surface area is 179 Å². The Morgan fingerprint density at radius 2 is 1.94 bits per heavy atom. The summed E-state index contributed by atoms with van der Waals surface area (Å²) < 4.78 is 1.84. The minimum absolute atomic E-state index is 0.0447. The Balaban J connectivity index is 1.42. The fraction of sp³-hybridized carbons (Fsp3) is 0.208. The van der Waals surface area contributed by atoms with Crippen LogP contribution in [0.1, 0.15) is 38.7 Å². The third-order valence-electron chi connectivity index (χ3n) is 5.97. The lowest BCUT2D eigenvalue weighted by Gasteiger charge is -2.39. The molecule has 156 valence electrons. The van der Waals surface area contributed by atoms with Gasteiger partial charge in [0.25, 0.3) is 11.8 Å². The number of aromatic nitrogens is 3. The largest absolute Gasteiger partial charge is 0.357 e. The quantitative estimate of drug-likeness (QED) is 0.539. The van der Waals surface area contributed by atoms with Crippen molar-refractivity contribution in [2.24, 2.45) is 0 Å². The lowest BCUT2D eigenvalue weighted by Crippen LogP contribution is -2.53. The SMILES string of the molecule is O=C(N[C@@H]1CN(C(=O)c2cccn3cncc23)CC[C@H]1c1ccccc1)c1ccc[nH]1. The topological polar surface area (TPSA) is 82.5 Å². The lowest BCUT2D eigenvalue weighted by atomic mass is 9.85. The van der Waals surface area contributed by atoms with Crippen LogP contribution in [0.5, 0.6) is 0 Å². The van der Waals surface area contributed by atoms with Crippen molar-refractivity contribution in [3.8, 4) is 0 Å². The maximum absolute atomic E-state index is 13.4. The molecule has 0 unspecified atom stereocenters. The summed E-state index contributed by atoms with van der Waals surface area (Å²) in [5, 5.41) is 3.16. The number of hydrogen-bond acceptors (Lipinski definition) is 3. The van der Waals surface area contributed by atoms with Crippen LogP contribution in [-0.2, 0) is 0 Å². The van der Waals surface area contributed by atoms with Crippen LogP contribution in [0.2, 0.25) is 0 Å². The smallest absolute Gasteiger partial charge is 0.267 e. The van der Waals surface area contributed by atoms with Crippen LogP contribution < -0.4 is 5.32 Å². The summed E-state index contributed by atoms with van der Waals surface area (Å²) in [7, 11) is 0. The molecule has 31 heavy (non-hydrogen) atoms. The summed E-state index contributed by atoms with van der Waals surface area (Å²) in [5.41, 5.74) is 3.08. The zero-order valence-electron chi connectivity index (χ0n) is 16.9. The molecule has 0 saturated carbocycles. The van der Waals surface area contributed by atoms with E-state index in [1.807, 2.05) is 45.8 Å². The molecule has 5 rings (SSSR count). The van der Waals surface area contributed by atoms with E-state index in [9.17, 15) is 9.59 Å². The van der Waals surface area contributed by atoms with Crippen LogP contribution in [0, 0.1) is 0 Å². The average molecular weight is 413 g/mol. The van der Waals surface area contributed by atoms with Crippen molar-refractivity contribution in [1.82, 2.24) is 24.6 Å². The maximum Gasteiger partial charge on any atom is 0.267 e. The third kappa shape index (κ3) is 3.70. The van der Waals surface area contributed by atoms with E-state index in [4.69, 9.17) is 0 Å². The Morgan fingerprint density at radius 3 is 2.74 bits per heavy atom. The van der Waals surface area contributed by atoms with Crippen molar-refractivity contribution in [1.29, 1.82) is 0 Å². The number of amides is 2. The van der Waals surface area contributed by atoms with Gasteiger partial charge in [0, 0.05) is 31.4 Å². The van der Waals surface area contributed by atoms with Gasteiger partial charge < -0.3 is 19.6 Å². The molecule has 2 atom stereocenters. The predicted octanol–water partition coefficient (Wildman–Crippen LogP) is 3.09. The molecule has 1 aromatic carbocycles. The highest BCUT2D eigenvalue weighted by Crippen LogP contribution is 2.30. The zero-order chi connectivity index (χ0) is 21.2. The summed E-state index contributed by atoms with van der Waals surface area (Å²) in [6.45, 7) is 1.07. The number of rotatable bonds is 4. The molecule has 3 aromatic heterocycles. The number of benzene rings is 1. The average Bonchev–Trinajstić information content (AvgIpc) is 3.51. The van der Waals surface area contributed by atoms with Gasteiger partial charge in [-0.25, -0.2) is 4.98 Å². The first-order valence-electron chi connectivity index (χ1n) is 10.4. The standard InChI is InChI=1S/C24H23N5O2/c30-23(20-9-4-11-26-20)27-21-15-28(13-10-18(21)17-6-2-1-3-7-17)24(31)19-8-5-12-29-16-25-14-22(19)29/h1-9,11-12,14,16,18,21,26H,10,13,15H2,(H,27,30)/t18-,21+/m0/s1. The molecule has 4 heterocycles. The number of nitrogens with zero attached hydrogens (tertiary/aromatic N) is 3. The van der Waals surface area contributed by atoms with Gasteiger partial charge in [-0.2, -0.15) is 0 Å². The molecule has 7 heteroatoms. The molecule has 0 radical (unpaired) electrons. The number of carbonyl (C=O) groups is 2. The van der Waals surface area contributed by atoms with Crippen LogP contribution in [-0.4, -0.2) is 50.2 Å². The van der Waals surface area contributed by atoms with E-state index in [0.717, 1.165) is 11.9 Å². The Morgan fingerprint density at radius 1 is 1.06 bits per heavy atom. The number of H-pyrrole nitrogens is 1. The number of fused-ring (bicyclic) bond motifs is 1. The minimum atomic E-state index is -0.194. The van der Waals surface area contributed by atoms with Crippen LogP contribution in [0.15, 0.2) is 79.5 Å². The van der Waals surface area contributed by atoms with Crippen molar-refractivity contribution in [3.05, 3.63) is 96.3 Å². The lowest BCUT2D eigenvalue weighted by molar-refractivity contribution is 0.0656. The number of nitrogens with one attached hydrogen (secondary N) is 2. The van der Waals surface area contributed by atoms with E-state index in [2.05, 4.69) is 27.4 Å². The zero-order valence-corrected chi connectivity index (χ0v) is 16.9. The highest BCUT2D eigenvalue weighted by molar-refractivity contribution is 6.00. The van der Waals surface area contributed by atoms with Gasteiger partial charge in [0.05, 0.1) is 29.6 Å². The second-order valence-electron chi connectivity index (χ2n) is 7.83. The van der Waals surface area contributed by atoms with Crippen molar-refractivity contribution < 1.29 is 9.59 Å². The highest BCUT2D eigenvalue weighted by Gasteiger charge is 2.34. The Hall–Kier alpha value is -3.87. The van der Waals surface area contributed by atoms with Gasteiger partial charge in [-0.1, -0.05) is 30.3 Å². The normalized spacial score (nSPS) is 18.8. The van der Waals surface area contributed by atoms with Gasteiger partial charge in [0.15, 0.2) is 0 Å². The molecular formula is C24H23N5O2. The molecule has 7 nitrogen and oxygen atoms in total. The predicted molar refractivity (Wildman–Crippen MR) is 117 cm³/mol. The number of carbonyl (C=O) groups excluding carboxylic acids is 2. The molecule has 1 aliphatic heterocycles. The fourth-order valence-electron chi connectivity index (χ4n) is 4.40. The van der Waals surface area contributed by atoms with Gasteiger partial charge in [0.2, 0.25) is 0 Å². The summed E-state index contributed by atoms with van der Waals surface area (Å²) in [4.78, 5) is 35.1. The number of likely N-dealkylation sites (tertiary alicyclic amines) is 1. The van der Waals surface area contributed by atoms with E-state index >= 15 is 0 Å². The number of hydrogen-bond donors (Lipinski definition) is 2. The van der Waals surface area contributed by atoms with Crippen LogP contribution in [0.3, 0.4) is 0 Å². The van der Waals surface area contributed by atoms with Crippen molar-refractivity contribution in [2.45, 2.75) is 18.4 Å². The van der Waals surface area contributed by atoms with E-state index in [0.29, 0.717) is 24.3 Å². The molecule has 2 N–H and O–H groups in total. The summed E-state index contributed by atoms with van der Waals surface area (Å²) in [6, 6.07) is 17.2. The second kappa shape index (κ2) is 8.10. The molecule has 1 saturated heterocycles. The molecule has 1 aliphatic rings. The molecule has 0 spiro atoms. The first-order chi connectivity index (χ1) is 15.2. The summed E-state index contributed by atoms with van der Waals surface area (Å²) in [5.74, 6) is -0.0743.